The van der Waals surface area contributed by atoms with Gasteiger partial charge >= 0.3 is 24.2 Å². The maximum Gasteiger partial charge on any atom is 0.408 e. The number of benzene rings is 1. The number of alkyl carbamates (subject to hydrolysis) is 3. The molecule has 0 unspecified atom stereocenters. The van der Waals surface area contributed by atoms with Crippen molar-refractivity contribution in [3.8, 4) is 0 Å². The van der Waals surface area contributed by atoms with Gasteiger partial charge in [0.05, 0.1) is 0 Å². The van der Waals surface area contributed by atoms with Crippen LogP contribution in [0.1, 0.15) is 106 Å². The number of unbranched alkanes of at least 4 members (excludes halogenated alkanes) is 2. The number of rotatable bonds is 16. The second-order valence-electron chi connectivity index (χ2n) is 14.2. The summed E-state index contributed by atoms with van der Waals surface area (Å²) in [4.78, 5) is 63.2. The Morgan fingerprint density at radius 2 is 1.04 bits per heavy atom. The van der Waals surface area contributed by atoms with Crippen molar-refractivity contribution in [3.05, 3.63) is 35.9 Å². The SMILES string of the molecule is CC(C)(C)OC(=O)NCCCC[C@H](NC(=O)OC(C)(C)C)C(=O)N[C@@H](CCCCNC(=O)OC(C)(C)C)C(=O)OCc1ccccc1. The van der Waals surface area contributed by atoms with Crippen molar-refractivity contribution in [1.82, 2.24) is 21.3 Å². The van der Waals surface area contributed by atoms with Gasteiger partial charge in [0.1, 0.15) is 35.5 Å². The highest BCUT2D eigenvalue weighted by molar-refractivity contribution is 5.89. The lowest BCUT2D eigenvalue weighted by molar-refractivity contribution is -0.149. The van der Waals surface area contributed by atoms with Gasteiger partial charge in [0.25, 0.3) is 0 Å². The molecule has 13 nitrogen and oxygen atoms in total. The van der Waals surface area contributed by atoms with E-state index in [-0.39, 0.29) is 19.4 Å². The van der Waals surface area contributed by atoms with Gasteiger partial charge in [-0.1, -0.05) is 30.3 Å². The fourth-order valence-corrected chi connectivity index (χ4v) is 4.03. The zero-order chi connectivity index (χ0) is 35.7. The van der Waals surface area contributed by atoms with Crippen molar-refractivity contribution in [2.24, 2.45) is 0 Å². The van der Waals surface area contributed by atoms with Crippen molar-refractivity contribution in [2.45, 2.75) is 136 Å². The molecule has 0 fully saturated rings. The molecule has 0 radical (unpaired) electrons. The average molecular weight is 665 g/mol. The molecule has 1 aromatic carbocycles. The van der Waals surface area contributed by atoms with E-state index in [9.17, 15) is 24.0 Å². The predicted molar refractivity (Wildman–Crippen MR) is 178 cm³/mol. The molecule has 47 heavy (non-hydrogen) atoms. The number of carbonyl (C=O) groups is 5. The minimum Gasteiger partial charge on any atom is -0.459 e. The summed E-state index contributed by atoms with van der Waals surface area (Å²) in [5, 5.41) is 10.7. The largest absolute Gasteiger partial charge is 0.459 e. The van der Waals surface area contributed by atoms with Crippen LogP contribution >= 0.6 is 0 Å². The van der Waals surface area contributed by atoms with Crippen molar-refractivity contribution < 1.29 is 42.9 Å². The number of hydrogen-bond donors (Lipinski definition) is 4. The van der Waals surface area contributed by atoms with Crippen LogP contribution in [0, 0.1) is 0 Å². The molecule has 4 N–H and O–H groups in total. The van der Waals surface area contributed by atoms with Gasteiger partial charge in [-0.25, -0.2) is 19.2 Å². The van der Waals surface area contributed by atoms with Crippen LogP contribution < -0.4 is 21.3 Å². The second kappa shape index (κ2) is 19.6. The molecule has 1 rings (SSSR count). The Hall–Kier alpha value is -4.03. The Morgan fingerprint density at radius 3 is 1.51 bits per heavy atom. The Morgan fingerprint density at radius 1 is 0.596 bits per heavy atom. The van der Waals surface area contributed by atoms with Crippen molar-refractivity contribution in [2.75, 3.05) is 13.1 Å². The van der Waals surface area contributed by atoms with E-state index in [2.05, 4.69) is 21.3 Å². The average Bonchev–Trinajstić information content (AvgIpc) is 2.91. The van der Waals surface area contributed by atoms with E-state index in [1.54, 1.807) is 62.3 Å². The van der Waals surface area contributed by atoms with E-state index in [1.807, 2.05) is 30.3 Å². The molecule has 4 amide bonds. The summed E-state index contributed by atoms with van der Waals surface area (Å²) in [5.74, 6) is -1.20. The van der Waals surface area contributed by atoms with Crippen LogP contribution in [0.4, 0.5) is 14.4 Å². The molecule has 266 valence electrons. The van der Waals surface area contributed by atoms with Crippen LogP contribution in [0.5, 0.6) is 0 Å². The molecule has 1 aromatic rings. The van der Waals surface area contributed by atoms with E-state index in [4.69, 9.17) is 18.9 Å². The number of amides is 4. The first kappa shape index (κ1) is 41.0. The summed E-state index contributed by atoms with van der Waals surface area (Å²) in [6.45, 7) is 16.4. The first-order chi connectivity index (χ1) is 21.7. The van der Waals surface area contributed by atoms with Crippen molar-refractivity contribution in [3.63, 3.8) is 0 Å². The van der Waals surface area contributed by atoms with E-state index in [0.29, 0.717) is 38.8 Å². The monoisotopic (exact) mass is 664 g/mol. The lowest BCUT2D eigenvalue weighted by Crippen LogP contribution is -2.52. The summed E-state index contributed by atoms with van der Waals surface area (Å²) >= 11 is 0. The maximum atomic E-state index is 13.5. The molecule has 0 saturated carbocycles. The zero-order valence-corrected chi connectivity index (χ0v) is 29.6. The van der Waals surface area contributed by atoms with Gasteiger partial charge in [0.15, 0.2) is 0 Å². The number of hydrogen-bond acceptors (Lipinski definition) is 9. The number of esters is 1. The molecule has 0 aliphatic heterocycles. The molecule has 0 aliphatic carbocycles. The third-order valence-corrected chi connectivity index (χ3v) is 6.01. The Balaban J connectivity index is 2.90. The van der Waals surface area contributed by atoms with Crippen LogP contribution in [0.15, 0.2) is 30.3 Å². The summed E-state index contributed by atoms with van der Waals surface area (Å²) in [7, 11) is 0. The minimum atomic E-state index is -1.02. The highest BCUT2D eigenvalue weighted by Crippen LogP contribution is 2.12. The van der Waals surface area contributed by atoms with Gasteiger partial charge in [-0.15, -0.1) is 0 Å². The van der Waals surface area contributed by atoms with Crippen molar-refractivity contribution in [1.29, 1.82) is 0 Å². The lowest BCUT2D eigenvalue weighted by Gasteiger charge is -2.25. The molecular formula is C34H56N4O9. The van der Waals surface area contributed by atoms with Crippen LogP contribution in [-0.2, 0) is 35.1 Å². The third kappa shape index (κ3) is 21.4. The van der Waals surface area contributed by atoms with Crippen molar-refractivity contribution >= 4 is 30.2 Å². The Bertz CT molecular complexity index is 1140. The summed E-state index contributed by atoms with van der Waals surface area (Å²) in [6.07, 6.45) is 0.541. The number of ether oxygens (including phenoxy) is 4. The zero-order valence-electron chi connectivity index (χ0n) is 29.6. The van der Waals surface area contributed by atoms with Gasteiger partial charge in [-0.2, -0.15) is 0 Å². The topological polar surface area (TPSA) is 170 Å². The van der Waals surface area contributed by atoms with Crippen LogP contribution in [0.3, 0.4) is 0 Å². The van der Waals surface area contributed by atoms with Gasteiger partial charge < -0.3 is 40.2 Å². The molecule has 13 heteroatoms. The Kier molecular flexibility index (Phi) is 17.1. The second-order valence-corrected chi connectivity index (χ2v) is 14.2. The Labute approximate surface area is 279 Å². The van der Waals surface area contributed by atoms with E-state index in [1.165, 1.54) is 0 Å². The van der Waals surface area contributed by atoms with Gasteiger partial charge in [0.2, 0.25) is 5.91 Å². The summed E-state index contributed by atoms with van der Waals surface area (Å²) in [6, 6.07) is 7.12. The van der Waals surface area contributed by atoms with E-state index >= 15 is 0 Å². The fourth-order valence-electron chi connectivity index (χ4n) is 4.03. The fraction of sp³-hybridized carbons (Fsp3) is 0.676. The van der Waals surface area contributed by atoms with E-state index < -0.39 is 59.0 Å². The molecule has 0 spiro atoms. The molecular weight excluding hydrogens is 608 g/mol. The van der Waals surface area contributed by atoms with Gasteiger partial charge in [-0.05, 0) is 106 Å². The first-order valence-corrected chi connectivity index (χ1v) is 16.2. The quantitative estimate of drug-likeness (QED) is 0.101. The highest BCUT2D eigenvalue weighted by Gasteiger charge is 2.29. The molecule has 2 atom stereocenters. The predicted octanol–water partition coefficient (Wildman–Crippen LogP) is 5.50. The smallest absolute Gasteiger partial charge is 0.408 e. The van der Waals surface area contributed by atoms with E-state index in [0.717, 1.165) is 5.56 Å². The van der Waals surface area contributed by atoms with Crippen LogP contribution in [0.2, 0.25) is 0 Å². The number of carbonyl (C=O) groups excluding carboxylic acids is 5. The van der Waals surface area contributed by atoms with Crippen LogP contribution in [-0.4, -0.2) is 72.1 Å². The van der Waals surface area contributed by atoms with Crippen LogP contribution in [0.25, 0.3) is 0 Å². The minimum absolute atomic E-state index is 0.0243. The normalized spacial score (nSPS) is 13.0. The third-order valence-electron chi connectivity index (χ3n) is 6.01. The van der Waals surface area contributed by atoms with Gasteiger partial charge in [0, 0.05) is 13.1 Å². The first-order valence-electron chi connectivity index (χ1n) is 16.2. The standard InChI is InChI=1S/C34H56N4O9/c1-32(2,3)45-29(41)35-21-15-13-19-25(38-31(43)47-34(7,8)9)27(39)37-26(28(40)44-23-24-17-11-10-12-18-24)20-14-16-22-36-30(42)46-33(4,5)6/h10-12,17-18,25-26H,13-16,19-23H2,1-9H3,(H,35,41)(H,36,42)(H,37,39)(H,38,43)/t25-,26-/m0/s1. The lowest BCUT2D eigenvalue weighted by atomic mass is 10.1. The number of nitrogens with one attached hydrogen (secondary N) is 4. The summed E-state index contributed by atoms with van der Waals surface area (Å²) in [5.41, 5.74) is -1.25. The molecule has 0 aromatic heterocycles. The molecule has 0 heterocycles. The molecule has 0 aliphatic rings. The maximum absolute atomic E-state index is 13.5. The highest BCUT2D eigenvalue weighted by atomic mass is 16.6. The summed E-state index contributed by atoms with van der Waals surface area (Å²) < 4.78 is 21.4. The van der Waals surface area contributed by atoms with Gasteiger partial charge in [-0.3, -0.25) is 4.79 Å². The molecule has 0 bridgehead atoms. The molecule has 0 saturated heterocycles.